The van der Waals surface area contributed by atoms with E-state index in [2.05, 4.69) is 15.3 Å². The van der Waals surface area contributed by atoms with Crippen molar-refractivity contribution in [1.82, 2.24) is 20.0 Å². The standard InChI is InChI=1S/C17H18N4O3/c22-14-5-2-6-15(7-14)23-10-13-8-21(20-19-13)9-16-17(24-11-18-16)12-3-1-4-12/h2,5-8,11-12,22H,1,3-4,9-10H2. The first-order valence-electron chi connectivity index (χ1n) is 8.01. The predicted octanol–water partition coefficient (Wildman–Crippen LogP) is 2.87. The van der Waals surface area contributed by atoms with Crippen molar-refractivity contribution in [2.24, 2.45) is 0 Å². The lowest BCUT2D eigenvalue weighted by atomic mass is 9.83. The Morgan fingerprint density at radius 3 is 3.04 bits per heavy atom. The maximum Gasteiger partial charge on any atom is 0.181 e. The second-order valence-corrected chi connectivity index (χ2v) is 5.98. The number of nitrogens with zero attached hydrogens (tertiary/aromatic N) is 4. The Balaban J connectivity index is 1.39. The summed E-state index contributed by atoms with van der Waals surface area (Å²) in [5.74, 6) is 2.24. The number of phenolic OH excluding ortho intramolecular Hbond substituents is 1. The molecule has 7 heteroatoms. The van der Waals surface area contributed by atoms with Crippen molar-refractivity contribution < 1.29 is 14.3 Å². The molecule has 1 fully saturated rings. The van der Waals surface area contributed by atoms with Gasteiger partial charge in [-0.1, -0.05) is 17.7 Å². The molecule has 2 heterocycles. The molecule has 1 saturated carbocycles. The van der Waals surface area contributed by atoms with Crippen molar-refractivity contribution in [3.63, 3.8) is 0 Å². The molecular formula is C17H18N4O3. The smallest absolute Gasteiger partial charge is 0.181 e. The lowest BCUT2D eigenvalue weighted by Crippen LogP contribution is -2.12. The van der Waals surface area contributed by atoms with Crippen LogP contribution in [0.3, 0.4) is 0 Å². The fourth-order valence-electron chi connectivity index (χ4n) is 2.77. The molecule has 0 unspecified atom stereocenters. The summed E-state index contributed by atoms with van der Waals surface area (Å²) in [5.41, 5.74) is 1.64. The molecule has 0 spiro atoms. The number of aromatic hydroxyl groups is 1. The number of phenols is 1. The van der Waals surface area contributed by atoms with E-state index in [1.165, 1.54) is 25.7 Å². The number of oxazole rings is 1. The quantitative estimate of drug-likeness (QED) is 0.749. The Morgan fingerprint density at radius 2 is 2.25 bits per heavy atom. The van der Waals surface area contributed by atoms with Gasteiger partial charge in [-0.2, -0.15) is 0 Å². The van der Waals surface area contributed by atoms with Crippen LogP contribution < -0.4 is 4.74 Å². The van der Waals surface area contributed by atoms with E-state index >= 15 is 0 Å². The van der Waals surface area contributed by atoms with Crippen LogP contribution in [0, 0.1) is 0 Å². The van der Waals surface area contributed by atoms with Crippen molar-refractivity contribution in [2.75, 3.05) is 0 Å². The van der Waals surface area contributed by atoms with Crippen molar-refractivity contribution in [2.45, 2.75) is 38.3 Å². The Kier molecular flexibility index (Phi) is 3.90. The third-order valence-corrected chi connectivity index (χ3v) is 4.25. The van der Waals surface area contributed by atoms with E-state index in [0.717, 1.165) is 11.5 Å². The van der Waals surface area contributed by atoms with Crippen LogP contribution in [0.25, 0.3) is 0 Å². The first-order chi connectivity index (χ1) is 11.8. The van der Waals surface area contributed by atoms with Crippen LogP contribution in [0.4, 0.5) is 0 Å². The van der Waals surface area contributed by atoms with E-state index in [-0.39, 0.29) is 12.4 Å². The van der Waals surface area contributed by atoms with Crippen LogP contribution in [-0.2, 0) is 13.2 Å². The van der Waals surface area contributed by atoms with Crippen LogP contribution in [0.1, 0.15) is 42.3 Å². The van der Waals surface area contributed by atoms with Gasteiger partial charge in [-0.25, -0.2) is 9.67 Å². The molecule has 0 saturated heterocycles. The van der Waals surface area contributed by atoms with Gasteiger partial charge in [0.05, 0.1) is 12.7 Å². The van der Waals surface area contributed by atoms with Gasteiger partial charge in [0.1, 0.15) is 35.3 Å². The van der Waals surface area contributed by atoms with Gasteiger partial charge in [-0.3, -0.25) is 0 Å². The average molecular weight is 326 g/mol. The molecular weight excluding hydrogens is 308 g/mol. The average Bonchev–Trinajstić information content (AvgIpc) is 3.14. The molecule has 0 aliphatic heterocycles. The summed E-state index contributed by atoms with van der Waals surface area (Å²) < 4.78 is 12.9. The number of hydrogen-bond acceptors (Lipinski definition) is 6. The van der Waals surface area contributed by atoms with Gasteiger partial charge >= 0.3 is 0 Å². The highest BCUT2D eigenvalue weighted by Gasteiger charge is 2.26. The number of rotatable bonds is 6. The molecule has 1 N–H and O–H groups in total. The Morgan fingerprint density at radius 1 is 1.33 bits per heavy atom. The Bertz CT molecular complexity index is 823. The molecule has 7 nitrogen and oxygen atoms in total. The number of benzene rings is 1. The van der Waals surface area contributed by atoms with Crippen molar-refractivity contribution in [3.8, 4) is 11.5 Å². The summed E-state index contributed by atoms with van der Waals surface area (Å²) in [6.45, 7) is 0.833. The summed E-state index contributed by atoms with van der Waals surface area (Å²) >= 11 is 0. The van der Waals surface area contributed by atoms with E-state index in [9.17, 15) is 5.11 Å². The molecule has 0 radical (unpaired) electrons. The molecule has 2 aromatic heterocycles. The zero-order chi connectivity index (χ0) is 16.4. The molecule has 1 aliphatic carbocycles. The zero-order valence-corrected chi connectivity index (χ0v) is 13.1. The highest BCUT2D eigenvalue weighted by atomic mass is 16.5. The van der Waals surface area contributed by atoms with Gasteiger partial charge < -0.3 is 14.3 Å². The zero-order valence-electron chi connectivity index (χ0n) is 13.1. The fourth-order valence-corrected chi connectivity index (χ4v) is 2.77. The lowest BCUT2D eigenvalue weighted by Gasteiger charge is -2.23. The number of aromatic nitrogens is 4. The molecule has 3 aromatic rings. The summed E-state index contributed by atoms with van der Waals surface area (Å²) in [5, 5.41) is 17.7. The summed E-state index contributed by atoms with van der Waals surface area (Å²) in [7, 11) is 0. The minimum atomic E-state index is 0.172. The van der Waals surface area contributed by atoms with Crippen molar-refractivity contribution in [1.29, 1.82) is 0 Å². The van der Waals surface area contributed by atoms with Gasteiger partial charge in [0.25, 0.3) is 0 Å². The van der Waals surface area contributed by atoms with Crippen molar-refractivity contribution in [3.05, 3.63) is 54.0 Å². The van der Waals surface area contributed by atoms with Gasteiger partial charge in [0.2, 0.25) is 0 Å². The monoisotopic (exact) mass is 326 g/mol. The highest BCUT2D eigenvalue weighted by molar-refractivity contribution is 5.31. The van der Waals surface area contributed by atoms with E-state index in [1.807, 2.05) is 6.20 Å². The van der Waals surface area contributed by atoms with E-state index in [0.29, 0.717) is 23.9 Å². The first kappa shape index (κ1) is 14.7. The minimum Gasteiger partial charge on any atom is -0.508 e. The molecule has 0 atom stereocenters. The van der Waals surface area contributed by atoms with Gasteiger partial charge in [-0.05, 0) is 25.0 Å². The first-order valence-corrected chi connectivity index (χ1v) is 8.01. The van der Waals surface area contributed by atoms with E-state index in [1.54, 1.807) is 28.9 Å². The topological polar surface area (TPSA) is 86.2 Å². The van der Waals surface area contributed by atoms with Crippen molar-refractivity contribution >= 4 is 0 Å². The van der Waals surface area contributed by atoms with Crippen LogP contribution >= 0.6 is 0 Å². The normalized spacial score (nSPS) is 14.5. The van der Waals surface area contributed by atoms with E-state index in [4.69, 9.17) is 9.15 Å². The number of hydrogen-bond donors (Lipinski definition) is 1. The van der Waals surface area contributed by atoms with Gasteiger partial charge in [0, 0.05) is 12.0 Å². The second-order valence-electron chi connectivity index (χ2n) is 5.98. The maximum absolute atomic E-state index is 9.43. The van der Waals surface area contributed by atoms with Crippen LogP contribution in [-0.4, -0.2) is 25.1 Å². The van der Waals surface area contributed by atoms with Crippen LogP contribution in [0.15, 0.2) is 41.3 Å². The molecule has 0 bridgehead atoms. The minimum absolute atomic E-state index is 0.172. The largest absolute Gasteiger partial charge is 0.508 e. The van der Waals surface area contributed by atoms with Gasteiger partial charge in [0.15, 0.2) is 6.39 Å². The van der Waals surface area contributed by atoms with E-state index < -0.39 is 0 Å². The predicted molar refractivity (Wildman–Crippen MR) is 84.7 cm³/mol. The Hall–Kier alpha value is -2.83. The third kappa shape index (κ3) is 3.10. The molecule has 4 rings (SSSR count). The molecule has 1 aromatic carbocycles. The fraction of sp³-hybridized carbons (Fsp3) is 0.353. The Labute approximate surface area is 138 Å². The SMILES string of the molecule is Oc1cccc(OCc2cn(Cc3ncoc3C3CCC3)nn2)c1. The summed E-state index contributed by atoms with van der Waals surface area (Å²) in [6, 6.07) is 6.67. The van der Waals surface area contributed by atoms with Crippen LogP contribution in [0.2, 0.25) is 0 Å². The summed E-state index contributed by atoms with van der Waals surface area (Å²) in [4.78, 5) is 4.31. The third-order valence-electron chi connectivity index (χ3n) is 4.25. The molecule has 1 aliphatic rings. The maximum atomic E-state index is 9.43. The molecule has 0 amide bonds. The lowest BCUT2D eigenvalue weighted by molar-refractivity contribution is 0.299. The molecule has 124 valence electrons. The second kappa shape index (κ2) is 6.35. The van der Waals surface area contributed by atoms with Gasteiger partial charge in [-0.15, -0.1) is 5.10 Å². The van der Waals surface area contributed by atoms with Crippen LogP contribution in [0.5, 0.6) is 11.5 Å². The highest BCUT2D eigenvalue weighted by Crippen LogP contribution is 2.37. The number of ether oxygens (including phenoxy) is 1. The summed E-state index contributed by atoms with van der Waals surface area (Å²) in [6.07, 6.45) is 6.93. The molecule has 24 heavy (non-hydrogen) atoms.